The van der Waals surface area contributed by atoms with E-state index in [9.17, 15) is 9.59 Å². The van der Waals surface area contributed by atoms with Crippen molar-refractivity contribution in [3.63, 3.8) is 0 Å². The van der Waals surface area contributed by atoms with E-state index in [2.05, 4.69) is 10.2 Å². The zero-order valence-electron chi connectivity index (χ0n) is 21.7. The maximum Gasteiger partial charge on any atom is 0.409 e. The number of pyridine rings is 1. The lowest BCUT2D eigenvalue weighted by atomic mass is 9.89. The number of aryl methyl sites for hydroxylation is 1. The number of nitrogens with zero attached hydrogens (tertiary/aromatic N) is 4. The Morgan fingerprint density at radius 1 is 0.973 bits per heavy atom. The van der Waals surface area contributed by atoms with E-state index in [4.69, 9.17) is 26.7 Å². The van der Waals surface area contributed by atoms with Crippen LogP contribution in [0, 0.1) is 6.92 Å². The van der Waals surface area contributed by atoms with Crippen LogP contribution in [0.5, 0.6) is 5.75 Å². The molecule has 0 unspecified atom stereocenters. The van der Waals surface area contributed by atoms with Gasteiger partial charge in [0, 0.05) is 56.6 Å². The fraction of sp³-hybridized carbons (Fsp3) is 0.481. The molecule has 0 aliphatic carbocycles. The number of thiocarbonyl (C=S) groups is 1. The monoisotopic (exact) mass is 525 g/mol. The topological polar surface area (TPSA) is 87.2 Å². The molecular weight excluding hydrogens is 490 g/mol. The Bertz CT molecular complexity index is 1110. The first-order chi connectivity index (χ1) is 17.9. The van der Waals surface area contributed by atoms with Crippen molar-refractivity contribution in [2.45, 2.75) is 32.6 Å². The van der Waals surface area contributed by atoms with Crippen molar-refractivity contribution in [3.8, 4) is 5.75 Å². The number of ether oxygens (including phenoxy) is 2. The van der Waals surface area contributed by atoms with Gasteiger partial charge in [-0.3, -0.25) is 9.78 Å². The van der Waals surface area contributed by atoms with Crippen LogP contribution >= 0.6 is 12.2 Å². The van der Waals surface area contributed by atoms with Gasteiger partial charge >= 0.3 is 6.09 Å². The summed E-state index contributed by atoms with van der Waals surface area (Å²) in [6.07, 6.45) is 1.40. The maximum absolute atomic E-state index is 13.5. The molecule has 37 heavy (non-hydrogen) atoms. The summed E-state index contributed by atoms with van der Waals surface area (Å²) in [6, 6.07) is 11.5. The molecule has 0 spiro atoms. The van der Waals surface area contributed by atoms with Gasteiger partial charge in [-0.05, 0) is 75.3 Å². The molecule has 2 aliphatic rings. The van der Waals surface area contributed by atoms with Gasteiger partial charge in [0.05, 0.1) is 25.0 Å². The average molecular weight is 526 g/mol. The molecule has 2 aliphatic heterocycles. The predicted octanol–water partition coefficient (Wildman–Crippen LogP) is 3.89. The minimum Gasteiger partial charge on any atom is -0.497 e. The summed E-state index contributed by atoms with van der Waals surface area (Å²) < 4.78 is 10.3. The Kier molecular flexibility index (Phi) is 8.81. The number of aromatic nitrogens is 1. The van der Waals surface area contributed by atoms with Crippen molar-refractivity contribution in [2.75, 3.05) is 58.3 Å². The van der Waals surface area contributed by atoms with E-state index in [1.165, 1.54) is 0 Å². The van der Waals surface area contributed by atoms with Gasteiger partial charge < -0.3 is 29.5 Å². The number of anilines is 1. The molecule has 2 amide bonds. The van der Waals surface area contributed by atoms with E-state index in [1.54, 1.807) is 18.9 Å². The van der Waals surface area contributed by atoms with Gasteiger partial charge in [0.15, 0.2) is 5.11 Å². The van der Waals surface area contributed by atoms with E-state index in [0.29, 0.717) is 43.5 Å². The van der Waals surface area contributed by atoms with Gasteiger partial charge in [0.2, 0.25) is 0 Å². The van der Waals surface area contributed by atoms with Crippen LogP contribution in [-0.2, 0) is 4.74 Å². The quantitative estimate of drug-likeness (QED) is 0.589. The number of nitrogens with one attached hydrogen (secondary N) is 1. The maximum atomic E-state index is 13.5. The standard InChI is InChI=1S/C27H35N5O4S/c1-4-36-27(34)32-17-15-30(16-18-32)25(33)23-10-5-19(2)28-24(23)20-11-13-31(14-12-20)26(37)29-21-6-8-22(35-3)9-7-21/h5-10,20H,4,11-18H2,1-3H3,(H,29,37). The smallest absolute Gasteiger partial charge is 0.409 e. The van der Waals surface area contributed by atoms with Crippen LogP contribution in [-0.4, -0.2) is 89.8 Å². The first-order valence-electron chi connectivity index (χ1n) is 12.8. The zero-order valence-corrected chi connectivity index (χ0v) is 22.6. The van der Waals surface area contributed by atoms with E-state index < -0.39 is 0 Å². The third-order valence-electron chi connectivity index (χ3n) is 6.90. The van der Waals surface area contributed by atoms with Crippen LogP contribution in [0.3, 0.4) is 0 Å². The van der Waals surface area contributed by atoms with E-state index >= 15 is 0 Å². The number of carbonyl (C=O) groups excluding carboxylic acids is 2. The third kappa shape index (κ3) is 6.49. The number of methoxy groups -OCH3 is 1. The molecule has 3 heterocycles. The first kappa shape index (κ1) is 26.7. The first-order valence-corrected chi connectivity index (χ1v) is 13.2. The molecule has 198 valence electrons. The highest BCUT2D eigenvalue weighted by Crippen LogP contribution is 2.31. The second-order valence-electron chi connectivity index (χ2n) is 9.28. The van der Waals surface area contributed by atoms with Crippen molar-refractivity contribution in [1.29, 1.82) is 0 Å². The van der Waals surface area contributed by atoms with E-state index in [1.807, 2.05) is 48.2 Å². The fourth-order valence-corrected chi connectivity index (χ4v) is 5.08. The normalized spacial score (nSPS) is 16.4. The summed E-state index contributed by atoms with van der Waals surface area (Å²) in [5.74, 6) is 0.957. The summed E-state index contributed by atoms with van der Waals surface area (Å²) in [5, 5.41) is 4.00. The number of carbonyl (C=O) groups is 2. The lowest BCUT2D eigenvalue weighted by Gasteiger charge is -2.36. The second kappa shape index (κ2) is 12.2. The molecule has 1 N–H and O–H groups in total. The molecule has 4 rings (SSSR count). The van der Waals surface area contributed by atoms with Gasteiger partial charge in [-0.1, -0.05) is 0 Å². The third-order valence-corrected chi connectivity index (χ3v) is 7.26. The second-order valence-corrected chi connectivity index (χ2v) is 9.67. The number of piperidine rings is 1. The number of amides is 2. The molecule has 1 aromatic carbocycles. The number of piperazine rings is 1. The van der Waals surface area contributed by atoms with Crippen molar-refractivity contribution >= 4 is 35.0 Å². The van der Waals surface area contributed by atoms with Gasteiger partial charge in [-0.25, -0.2) is 4.79 Å². The van der Waals surface area contributed by atoms with Crippen molar-refractivity contribution < 1.29 is 19.1 Å². The number of benzene rings is 1. The van der Waals surface area contributed by atoms with Gasteiger partial charge in [-0.2, -0.15) is 0 Å². The lowest BCUT2D eigenvalue weighted by Crippen LogP contribution is -2.51. The van der Waals surface area contributed by atoms with E-state index in [-0.39, 0.29) is 17.9 Å². The van der Waals surface area contributed by atoms with Crippen LogP contribution in [0.25, 0.3) is 0 Å². The summed E-state index contributed by atoms with van der Waals surface area (Å²) in [4.78, 5) is 36.0. The van der Waals surface area contributed by atoms with Gasteiger partial charge in [0.25, 0.3) is 5.91 Å². The van der Waals surface area contributed by atoms with Crippen molar-refractivity contribution in [1.82, 2.24) is 19.7 Å². The molecule has 2 aromatic rings. The van der Waals surface area contributed by atoms with E-state index in [0.717, 1.165) is 48.8 Å². The van der Waals surface area contributed by atoms with Crippen LogP contribution in [0.1, 0.15) is 47.4 Å². The van der Waals surface area contributed by atoms with Crippen molar-refractivity contribution in [2.24, 2.45) is 0 Å². The summed E-state index contributed by atoms with van der Waals surface area (Å²) in [7, 11) is 1.64. The molecule has 1 aromatic heterocycles. The largest absolute Gasteiger partial charge is 0.497 e. The summed E-state index contributed by atoms with van der Waals surface area (Å²) in [5.41, 5.74) is 3.35. The summed E-state index contributed by atoms with van der Waals surface area (Å²) in [6.45, 7) is 7.56. The average Bonchev–Trinajstić information content (AvgIpc) is 2.93. The number of rotatable bonds is 5. The Hall–Kier alpha value is -3.40. The number of hydrogen-bond donors (Lipinski definition) is 1. The minimum atomic E-state index is -0.321. The summed E-state index contributed by atoms with van der Waals surface area (Å²) >= 11 is 5.66. The fourth-order valence-electron chi connectivity index (χ4n) is 4.78. The van der Waals surface area contributed by atoms with Crippen LogP contribution < -0.4 is 10.1 Å². The highest BCUT2D eigenvalue weighted by atomic mass is 32.1. The van der Waals surface area contributed by atoms with Crippen LogP contribution in [0.4, 0.5) is 10.5 Å². The van der Waals surface area contributed by atoms with Gasteiger partial charge in [-0.15, -0.1) is 0 Å². The molecule has 0 radical (unpaired) electrons. The highest BCUT2D eigenvalue weighted by Gasteiger charge is 2.31. The Morgan fingerprint density at radius 3 is 2.24 bits per heavy atom. The molecule has 2 saturated heterocycles. The number of hydrogen-bond acceptors (Lipinski definition) is 6. The van der Waals surface area contributed by atoms with Crippen molar-refractivity contribution in [3.05, 3.63) is 53.3 Å². The zero-order chi connectivity index (χ0) is 26.4. The molecule has 0 bridgehead atoms. The molecule has 9 nitrogen and oxygen atoms in total. The predicted molar refractivity (Wildman–Crippen MR) is 146 cm³/mol. The Balaban J connectivity index is 1.37. The minimum absolute atomic E-state index is 0.0230. The van der Waals surface area contributed by atoms with Crippen LogP contribution in [0.15, 0.2) is 36.4 Å². The molecule has 10 heteroatoms. The molecular formula is C27H35N5O4S. The Labute approximate surface area is 223 Å². The molecule has 0 atom stereocenters. The van der Waals surface area contributed by atoms with Gasteiger partial charge in [0.1, 0.15) is 5.75 Å². The number of likely N-dealkylation sites (tertiary alicyclic amines) is 1. The molecule has 2 fully saturated rings. The SMILES string of the molecule is CCOC(=O)N1CCN(C(=O)c2ccc(C)nc2C2CCN(C(=S)Nc3ccc(OC)cc3)CC2)CC1. The van der Waals surface area contributed by atoms with Crippen LogP contribution in [0.2, 0.25) is 0 Å². The Morgan fingerprint density at radius 2 is 1.62 bits per heavy atom. The lowest BCUT2D eigenvalue weighted by molar-refractivity contribution is 0.0568. The highest BCUT2D eigenvalue weighted by molar-refractivity contribution is 7.80. The molecule has 0 saturated carbocycles.